The normalized spacial score (nSPS) is 10.4. The molecule has 6 nitrogen and oxygen atoms in total. The van der Waals surface area contributed by atoms with Crippen LogP contribution in [-0.4, -0.2) is 23.0 Å². The molecule has 0 N–H and O–H groups in total. The summed E-state index contributed by atoms with van der Waals surface area (Å²) >= 11 is 5.40. The largest absolute Gasteiger partial charge is 0.464 e. The first-order valence-electron chi connectivity index (χ1n) is 4.09. The van der Waals surface area contributed by atoms with Gasteiger partial charge in [0.25, 0.3) is 12.1 Å². The Hall–Kier alpha value is -1.83. The van der Waals surface area contributed by atoms with E-state index in [4.69, 9.17) is 11.6 Å². The van der Waals surface area contributed by atoms with Crippen LogP contribution in [0, 0.1) is 10.1 Å². The van der Waals surface area contributed by atoms with Gasteiger partial charge in [-0.3, -0.25) is 10.1 Å². The monoisotopic (exact) mass is 266 g/mol. The van der Waals surface area contributed by atoms with E-state index < -0.39 is 39.4 Å². The zero-order valence-corrected chi connectivity index (χ0v) is 9.07. The van der Waals surface area contributed by atoms with Gasteiger partial charge in [0.05, 0.1) is 18.1 Å². The lowest BCUT2D eigenvalue weighted by atomic mass is 10.1. The molecule has 0 aliphatic carbocycles. The number of methoxy groups -OCH3 is 1. The second-order valence-electron chi connectivity index (χ2n) is 2.78. The number of hydrogen-bond acceptors (Lipinski definition) is 5. The Balaban J connectivity index is 3.57. The van der Waals surface area contributed by atoms with Crippen LogP contribution in [-0.2, 0) is 4.74 Å². The highest BCUT2D eigenvalue weighted by Crippen LogP contribution is 2.33. The molecule has 0 amide bonds. The Morgan fingerprint density at radius 1 is 1.65 bits per heavy atom. The van der Waals surface area contributed by atoms with Crippen LogP contribution in [0.3, 0.4) is 0 Å². The first kappa shape index (κ1) is 13.2. The fourth-order valence-electron chi connectivity index (χ4n) is 1.13. The van der Waals surface area contributed by atoms with Crippen LogP contribution in [0.4, 0.5) is 14.5 Å². The molecular formula is C8H5ClF2N2O4. The van der Waals surface area contributed by atoms with E-state index >= 15 is 0 Å². The quantitative estimate of drug-likeness (QED) is 0.363. The minimum absolute atomic E-state index is 0.443. The highest BCUT2D eigenvalue weighted by atomic mass is 35.5. The summed E-state index contributed by atoms with van der Waals surface area (Å²) < 4.78 is 29.6. The maximum Gasteiger partial charge on any atom is 0.357 e. The second-order valence-corrected chi connectivity index (χ2v) is 3.16. The van der Waals surface area contributed by atoms with Crippen molar-refractivity contribution in [2.45, 2.75) is 6.43 Å². The van der Waals surface area contributed by atoms with E-state index in [2.05, 4.69) is 9.72 Å². The molecule has 1 heterocycles. The number of esters is 1. The molecule has 0 atom stereocenters. The lowest BCUT2D eigenvalue weighted by molar-refractivity contribution is -0.386. The van der Waals surface area contributed by atoms with Gasteiger partial charge in [-0.25, -0.2) is 18.6 Å². The van der Waals surface area contributed by atoms with Gasteiger partial charge in [-0.1, -0.05) is 11.6 Å². The smallest absolute Gasteiger partial charge is 0.357 e. The molecule has 1 aromatic rings. The summed E-state index contributed by atoms with van der Waals surface area (Å²) in [4.78, 5) is 24.0. The summed E-state index contributed by atoms with van der Waals surface area (Å²) in [6, 6.07) is 0.648. The van der Waals surface area contributed by atoms with Crippen molar-refractivity contribution in [1.29, 1.82) is 0 Å². The topological polar surface area (TPSA) is 82.3 Å². The fraction of sp³-hybridized carbons (Fsp3) is 0.250. The van der Waals surface area contributed by atoms with Crippen LogP contribution in [0.5, 0.6) is 0 Å². The van der Waals surface area contributed by atoms with Gasteiger partial charge >= 0.3 is 5.97 Å². The Labute approximate surface area is 98.3 Å². The standard InChI is InChI=1S/C8H5ClF2N2O4/c1-17-8(14)6-5(7(10)11)3(13(15)16)2-4(9)12-6/h2,7H,1H3. The molecule has 0 aliphatic rings. The maximum atomic E-state index is 12.7. The number of pyridine rings is 1. The first-order valence-corrected chi connectivity index (χ1v) is 4.47. The Morgan fingerprint density at radius 2 is 2.24 bits per heavy atom. The molecule has 1 aromatic heterocycles. The molecule has 9 heteroatoms. The zero-order chi connectivity index (χ0) is 13.2. The van der Waals surface area contributed by atoms with Crippen LogP contribution < -0.4 is 0 Å². The van der Waals surface area contributed by atoms with Crippen molar-refractivity contribution in [3.8, 4) is 0 Å². The second kappa shape index (κ2) is 5.00. The number of aromatic nitrogens is 1. The van der Waals surface area contributed by atoms with Gasteiger partial charge in [-0.15, -0.1) is 0 Å². The molecule has 1 rings (SSSR count). The van der Waals surface area contributed by atoms with Gasteiger partial charge in [-0.2, -0.15) is 0 Å². The Morgan fingerprint density at radius 3 is 2.65 bits per heavy atom. The predicted octanol–water partition coefficient (Wildman–Crippen LogP) is 2.37. The summed E-state index contributed by atoms with van der Waals surface area (Å²) in [6.07, 6.45) is -3.24. The van der Waals surface area contributed by atoms with Crippen molar-refractivity contribution < 1.29 is 23.2 Å². The van der Waals surface area contributed by atoms with Crippen molar-refractivity contribution in [2.75, 3.05) is 7.11 Å². The third-order valence-electron chi connectivity index (χ3n) is 1.80. The van der Waals surface area contributed by atoms with Crippen molar-refractivity contribution in [3.63, 3.8) is 0 Å². The molecule has 0 radical (unpaired) electrons. The van der Waals surface area contributed by atoms with Crippen LogP contribution in [0.25, 0.3) is 0 Å². The molecule has 0 aromatic carbocycles. The number of nitro groups is 1. The summed E-state index contributed by atoms with van der Waals surface area (Å²) in [5.74, 6) is -1.22. The van der Waals surface area contributed by atoms with Gasteiger partial charge < -0.3 is 4.74 Å². The van der Waals surface area contributed by atoms with E-state index in [0.29, 0.717) is 6.07 Å². The van der Waals surface area contributed by atoms with E-state index in [1.807, 2.05) is 0 Å². The molecular weight excluding hydrogens is 262 g/mol. The van der Waals surface area contributed by atoms with Gasteiger partial charge in [0.15, 0.2) is 5.69 Å². The minimum Gasteiger partial charge on any atom is -0.464 e. The molecule has 0 unspecified atom stereocenters. The maximum absolute atomic E-state index is 12.7. The third kappa shape index (κ3) is 2.64. The Kier molecular flexibility index (Phi) is 3.89. The van der Waals surface area contributed by atoms with Crippen LogP contribution in [0.15, 0.2) is 6.07 Å². The number of nitrogens with zero attached hydrogens (tertiary/aromatic N) is 2. The van der Waals surface area contributed by atoms with Gasteiger partial charge in [0, 0.05) is 0 Å². The predicted molar refractivity (Wildman–Crippen MR) is 52.2 cm³/mol. The molecule has 0 spiro atoms. The SMILES string of the molecule is COC(=O)c1nc(Cl)cc([N+](=O)[O-])c1C(F)F. The number of hydrogen-bond donors (Lipinski definition) is 0. The Bertz CT molecular complexity index is 481. The molecule has 0 saturated heterocycles. The minimum atomic E-state index is -3.24. The summed E-state index contributed by atoms with van der Waals surface area (Å²) in [5.41, 5.74) is -2.94. The van der Waals surface area contributed by atoms with E-state index in [1.54, 1.807) is 0 Å². The average molecular weight is 267 g/mol. The van der Waals surface area contributed by atoms with E-state index in [0.717, 1.165) is 7.11 Å². The van der Waals surface area contributed by atoms with Crippen molar-refractivity contribution >= 4 is 23.3 Å². The number of ether oxygens (including phenoxy) is 1. The van der Waals surface area contributed by atoms with E-state index in [-0.39, 0.29) is 0 Å². The first-order chi connectivity index (χ1) is 7.88. The number of carbonyl (C=O) groups is 1. The third-order valence-corrected chi connectivity index (χ3v) is 1.99. The van der Waals surface area contributed by atoms with Crippen LogP contribution >= 0.6 is 11.6 Å². The van der Waals surface area contributed by atoms with Gasteiger partial charge in [-0.05, 0) is 0 Å². The summed E-state index contributed by atoms with van der Waals surface area (Å²) in [6.45, 7) is 0. The van der Waals surface area contributed by atoms with Crippen LogP contribution in [0.2, 0.25) is 5.15 Å². The molecule has 92 valence electrons. The number of rotatable bonds is 3. The van der Waals surface area contributed by atoms with Crippen molar-refractivity contribution in [2.24, 2.45) is 0 Å². The van der Waals surface area contributed by atoms with E-state index in [9.17, 15) is 23.7 Å². The summed E-state index contributed by atoms with van der Waals surface area (Å²) in [5, 5.41) is 10.1. The number of halogens is 3. The molecule has 0 bridgehead atoms. The van der Waals surface area contributed by atoms with Gasteiger partial charge in [0.2, 0.25) is 0 Å². The molecule has 0 saturated carbocycles. The fourth-order valence-corrected chi connectivity index (χ4v) is 1.32. The number of carbonyl (C=O) groups excluding carboxylic acids is 1. The lowest BCUT2D eigenvalue weighted by Gasteiger charge is -2.07. The lowest BCUT2D eigenvalue weighted by Crippen LogP contribution is -2.11. The average Bonchev–Trinajstić information content (AvgIpc) is 2.26. The summed E-state index contributed by atoms with van der Waals surface area (Å²) in [7, 11) is 0.937. The zero-order valence-electron chi connectivity index (χ0n) is 8.32. The molecule has 0 fully saturated rings. The van der Waals surface area contributed by atoms with Crippen LogP contribution in [0.1, 0.15) is 22.5 Å². The van der Waals surface area contributed by atoms with Gasteiger partial charge in [0.1, 0.15) is 10.7 Å². The van der Waals surface area contributed by atoms with Crippen molar-refractivity contribution in [1.82, 2.24) is 4.98 Å². The van der Waals surface area contributed by atoms with E-state index in [1.165, 1.54) is 0 Å². The number of alkyl halides is 2. The molecule has 0 aliphatic heterocycles. The highest BCUT2D eigenvalue weighted by Gasteiger charge is 2.31. The highest BCUT2D eigenvalue weighted by molar-refractivity contribution is 6.29. The molecule has 17 heavy (non-hydrogen) atoms. The van der Waals surface area contributed by atoms with Crippen molar-refractivity contribution in [3.05, 3.63) is 32.6 Å².